The predicted octanol–water partition coefficient (Wildman–Crippen LogP) is 2.49. The average molecular weight is 289 g/mol. The highest BCUT2D eigenvalue weighted by Gasteiger charge is 2.30. The van der Waals surface area contributed by atoms with Crippen LogP contribution in [0.25, 0.3) is 0 Å². The van der Waals surface area contributed by atoms with Crippen LogP contribution in [-0.4, -0.2) is 29.1 Å². The van der Waals surface area contributed by atoms with Crippen molar-refractivity contribution in [2.75, 3.05) is 12.0 Å². The Morgan fingerprint density at radius 3 is 2.85 bits per heavy atom. The zero-order chi connectivity index (χ0) is 13.9. The third-order valence-electron chi connectivity index (χ3n) is 3.22. The van der Waals surface area contributed by atoms with Gasteiger partial charge >= 0.3 is 5.97 Å². The van der Waals surface area contributed by atoms with Gasteiger partial charge in [-0.15, -0.1) is 11.3 Å². The van der Waals surface area contributed by atoms with Crippen molar-refractivity contribution >= 4 is 23.1 Å². The number of thiophene rings is 1. The Kier molecular flexibility index (Phi) is 3.64. The lowest BCUT2D eigenvalue weighted by atomic mass is 10.4. The van der Waals surface area contributed by atoms with E-state index in [1.807, 2.05) is 0 Å². The Morgan fingerprint density at radius 1 is 1.45 bits per heavy atom. The minimum absolute atomic E-state index is 0.239. The highest BCUT2D eigenvalue weighted by molar-refractivity contribution is 7.09. The number of hydrogen-bond acceptors (Lipinski definition) is 6. The molecule has 5 nitrogen and oxygen atoms in total. The number of ether oxygens (including phenoxy) is 1. The Hall–Kier alpha value is -1.95. The first-order valence-electron chi connectivity index (χ1n) is 6.47. The van der Waals surface area contributed by atoms with Crippen LogP contribution in [0.4, 0.5) is 5.82 Å². The fourth-order valence-electron chi connectivity index (χ4n) is 2.03. The largest absolute Gasteiger partial charge is 0.464 e. The van der Waals surface area contributed by atoms with Crippen molar-refractivity contribution in [3.63, 3.8) is 0 Å². The van der Waals surface area contributed by atoms with Crippen molar-refractivity contribution < 1.29 is 9.53 Å². The monoisotopic (exact) mass is 289 g/mol. The summed E-state index contributed by atoms with van der Waals surface area (Å²) in [6.07, 6.45) is 5.50. The van der Waals surface area contributed by atoms with E-state index in [2.05, 4.69) is 37.1 Å². The van der Waals surface area contributed by atoms with Gasteiger partial charge in [-0.25, -0.2) is 14.8 Å². The molecule has 0 radical (unpaired) electrons. The SMILES string of the molecule is COC(=O)c1cnc(N(Cc2cccs2)C2CC2)cn1. The minimum Gasteiger partial charge on any atom is -0.464 e. The second kappa shape index (κ2) is 5.58. The van der Waals surface area contributed by atoms with Gasteiger partial charge in [0.1, 0.15) is 5.82 Å². The van der Waals surface area contributed by atoms with Gasteiger partial charge < -0.3 is 9.64 Å². The lowest BCUT2D eigenvalue weighted by molar-refractivity contribution is 0.0593. The van der Waals surface area contributed by atoms with Crippen LogP contribution in [0, 0.1) is 0 Å². The molecule has 0 N–H and O–H groups in total. The molecule has 6 heteroatoms. The van der Waals surface area contributed by atoms with E-state index in [0.717, 1.165) is 12.4 Å². The molecule has 0 unspecified atom stereocenters. The molecule has 0 atom stereocenters. The summed E-state index contributed by atoms with van der Waals surface area (Å²) in [6.45, 7) is 0.842. The number of carbonyl (C=O) groups is 1. The van der Waals surface area contributed by atoms with E-state index < -0.39 is 5.97 Å². The number of methoxy groups -OCH3 is 1. The van der Waals surface area contributed by atoms with Crippen molar-refractivity contribution in [1.82, 2.24) is 9.97 Å². The third kappa shape index (κ3) is 2.80. The first-order chi connectivity index (χ1) is 9.78. The zero-order valence-corrected chi connectivity index (χ0v) is 12.0. The van der Waals surface area contributed by atoms with E-state index in [4.69, 9.17) is 0 Å². The molecule has 20 heavy (non-hydrogen) atoms. The van der Waals surface area contributed by atoms with E-state index in [9.17, 15) is 4.79 Å². The van der Waals surface area contributed by atoms with E-state index in [1.165, 1.54) is 31.0 Å². The Balaban J connectivity index is 1.79. The third-order valence-corrected chi connectivity index (χ3v) is 4.08. The lowest BCUT2D eigenvalue weighted by Crippen LogP contribution is -2.26. The summed E-state index contributed by atoms with van der Waals surface area (Å²) in [5.74, 6) is 0.355. The molecule has 3 rings (SSSR count). The zero-order valence-electron chi connectivity index (χ0n) is 11.2. The standard InChI is InChI=1S/C14H15N3O2S/c1-19-14(18)12-7-16-13(8-15-12)17(10-4-5-10)9-11-3-2-6-20-11/h2-3,6-8,10H,4-5,9H2,1H3. The fraction of sp³-hybridized carbons (Fsp3) is 0.357. The number of hydrogen-bond donors (Lipinski definition) is 0. The quantitative estimate of drug-likeness (QED) is 0.792. The number of esters is 1. The molecule has 1 fully saturated rings. The lowest BCUT2D eigenvalue weighted by Gasteiger charge is -2.22. The van der Waals surface area contributed by atoms with Gasteiger partial charge in [0.25, 0.3) is 0 Å². The number of carbonyl (C=O) groups excluding carboxylic acids is 1. The number of aromatic nitrogens is 2. The minimum atomic E-state index is -0.458. The second-order valence-corrected chi connectivity index (χ2v) is 5.72. The van der Waals surface area contributed by atoms with Crippen LogP contribution in [-0.2, 0) is 11.3 Å². The molecule has 1 aliphatic carbocycles. The molecule has 2 heterocycles. The first kappa shape index (κ1) is 13.1. The van der Waals surface area contributed by atoms with E-state index in [-0.39, 0.29) is 5.69 Å². The van der Waals surface area contributed by atoms with Crippen LogP contribution in [0.2, 0.25) is 0 Å². The fourth-order valence-corrected chi connectivity index (χ4v) is 2.74. The normalized spacial score (nSPS) is 14.1. The molecular formula is C14H15N3O2S. The van der Waals surface area contributed by atoms with Crippen LogP contribution < -0.4 is 4.90 Å². The average Bonchev–Trinajstić information content (AvgIpc) is 3.21. The molecule has 0 saturated heterocycles. The molecule has 0 amide bonds. The maximum Gasteiger partial charge on any atom is 0.358 e. The van der Waals surface area contributed by atoms with E-state index >= 15 is 0 Å². The highest BCUT2D eigenvalue weighted by Crippen LogP contribution is 2.32. The predicted molar refractivity (Wildman–Crippen MR) is 76.9 cm³/mol. The van der Waals surface area contributed by atoms with Crippen molar-refractivity contribution in [3.05, 3.63) is 40.5 Å². The second-order valence-electron chi connectivity index (χ2n) is 4.69. The van der Waals surface area contributed by atoms with Crippen LogP contribution in [0.1, 0.15) is 28.2 Å². The van der Waals surface area contributed by atoms with Crippen molar-refractivity contribution in [2.45, 2.75) is 25.4 Å². The molecule has 2 aromatic heterocycles. The molecule has 0 aliphatic heterocycles. The van der Waals surface area contributed by atoms with E-state index in [1.54, 1.807) is 17.5 Å². The van der Waals surface area contributed by atoms with Crippen LogP contribution in [0.15, 0.2) is 29.9 Å². The van der Waals surface area contributed by atoms with Gasteiger partial charge in [-0.05, 0) is 24.3 Å². The van der Waals surface area contributed by atoms with Gasteiger partial charge in [0.2, 0.25) is 0 Å². The van der Waals surface area contributed by atoms with Crippen molar-refractivity contribution in [2.24, 2.45) is 0 Å². The Labute approximate surface area is 121 Å². The summed E-state index contributed by atoms with van der Waals surface area (Å²) in [4.78, 5) is 23.4. The summed E-state index contributed by atoms with van der Waals surface area (Å²) >= 11 is 1.74. The number of anilines is 1. The summed E-state index contributed by atoms with van der Waals surface area (Å²) in [5, 5.41) is 2.08. The summed E-state index contributed by atoms with van der Waals surface area (Å²) in [6, 6.07) is 4.71. The molecule has 1 saturated carbocycles. The smallest absolute Gasteiger partial charge is 0.358 e. The molecular weight excluding hydrogens is 274 g/mol. The van der Waals surface area contributed by atoms with Gasteiger partial charge in [0, 0.05) is 10.9 Å². The topological polar surface area (TPSA) is 55.3 Å². The molecule has 2 aromatic rings. The Bertz CT molecular complexity index is 579. The molecule has 0 spiro atoms. The first-order valence-corrected chi connectivity index (χ1v) is 7.35. The summed E-state index contributed by atoms with van der Waals surface area (Å²) in [5.41, 5.74) is 0.239. The number of rotatable bonds is 5. The van der Waals surface area contributed by atoms with Gasteiger partial charge in [-0.2, -0.15) is 0 Å². The molecule has 104 valence electrons. The van der Waals surface area contributed by atoms with Crippen LogP contribution in [0.3, 0.4) is 0 Å². The van der Waals surface area contributed by atoms with Gasteiger partial charge in [-0.3, -0.25) is 0 Å². The Morgan fingerprint density at radius 2 is 2.30 bits per heavy atom. The van der Waals surface area contributed by atoms with Gasteiger partial charge in [0.15, 0.2) is 5.69 Å². The van der Waals surface area contributed by atoms with Gasteiger partial charge in [-0.1, -0.05) is 6.07 Å². The highest BCUT2D eigenvalue weighted by atomic mass is 32.1. The van der Waals surface area contributed by atoms with Crippen LogP contribution in [0.5, 0.6) is 0 Å². The summed E-state index contributed by atoms with van der Waals surface area (Å²) < 4.78 is 4.63. The van der Waals surface area contributed by atoms with E-state index in [0.29, 0.717) is 6.04 Å². The molecule has 0 aromatic carbocycles. The van der Waals surface area contributed by atoms with Crippen LogP contribution >= 0.6 is 11.3 Å². The molecule has 1 aliphatic rings. The number of nitrogens with zero attached hydrogens (tertiary/aromatic N) is 3. The summed E-state index contributed by atoms with van der Waals surface area (Å²) in [7, 11) is 1.34. The maximum absolute atomic E-state index is 11.4. The maximum atomic E-state index is 11.4. The molecule has 0 bridgehead atoms. The van der Waals surface area contributed by atoms with Gasteiger partial charge in [0.05, 0.1) is 26.0 Å². The van der Waals surface area contributed by atoms with Crippen molar-refractivity contribution in [3.8, 4) is 0 Å². The van der Waals surface area contributed by atoms with Crippen molar-refractivity contribution in [1.29, 1.82) is 0 Å².